The molecule has 2 N–H and O–H groups in total. The second kappa shape index (κ2) is 7.78. The second-order valence-corrected chi connectivity index (χ2v) is 4.02. The summed E-state index contributed by atoms with van der Waals surface area (Å²) in [6, 6.07) is 0. The molecule has 0 fully saturated rings. The smallest absolute Gasteiger partial charge is 0.462 e. The summed E-state index contributed by atoms with van der Waals surface area (Å²) in [5.41, 5.74) is 0. The first kappa shape index (κ1) is 16.5. The summed E-state index contributed by atoms with van der Waals surface area (Å²) in [6.45, 7) is 6.00. The topological polar surface area (TPSA) is 119 Å². The van der Waals surface area contributed by atoms with Gasteiger partial charge in [0.15, 0.2) is 0 Å². The lowest BCUT2D eigenvalue weighted by Gasteiger charge is -2.17. The maximum absolute atomic E-state index is 10.9. The molecule has 0 aromatic carbocycles. The van der Waals surface area contributed by atoms with E-state index in [9.17, 15) is 14.2 Å². The lowest BCUT2D eigenvalue weighted by atomic mass is 10.4. The largest absolute Gasteiger partial charge is 0.472 e. The number of rotatable bonds is 8. The molecule has 0 aromatic rings. The van der Waals surface area contributed by atoms with E-state index in [2.05, 4.69) is 27.2 Å². The van der Waals surface area contributed by atoms with Crippen LogP contribution in [0.4, 0.5) is 0 Å². The number of carbonyl (C=O) groups excluding carboxylic acids is 2. The first-order chi connectivity index (χ1) is 8.28. The highest BCUT2D eigenvalue weighted by atomic mass is 31.2. The third-order valence-electron chi connectivity index (χ3n) is 1.43. The monoisotopic (exact) mass is 280 g/mol. The van der Waals surface area contributed by atoms with Crippen LogP contribution in [-0.4, -0.2) is 34.6 Å². The number of carbonyl (C=O) groups is 2. The molecule has 0 heterocycles. The van der Waals surface area contributed by atoms with E-state index in [1.807, 2.05) is 0 Å². The Morgan fingerprint density at radius 1 is 1.22 bits per heavy atom. The Morgan fingerprint density at radius 2 is 1.78 bits per heavy atom. The van der Waals surface area contributed by atoms with Crippen molar-refractivity contribution in [2.24, 2.45) is 0 Å². The zero-order valence-corrected chi connectivity index (χ0v) is 10.2. The van der Waals surface area contributed by atoms with Crippen molar-refractivity contribution in [1.29, 1.82) is 0 Å². The van der Waals surface area contributed by atoms with Crippen LogP contribution in [0.25, 0.3) is 0 Å². The molecule has 0 saturated heterocycles. The van der Waals surface area contributed by atoms with Gasteiger partial charge in [0.25, 0.3) is 0 Å². The minimum atomic E-state index is -4.83. The van der Waals surface area contributed by atoms with Gasteiger partial charge >= 0.3 is 19.8 Å². The normalized spacial score (nSPS) is 12.3. The molecular weight excluding hydrogens is 267 g/mol. The molecule has 0 aliphatic rings. The van der Waals surface area contributed by atoms with E-state index in [1.165, 1.54) is 0 Å². The molecule has 0 aliphatic carbocycles. The summed E-state index contributed by atoms with van der Waals surface area (Å²) in [6.07, 6.45) is -0.0843. The minimum absolute atomic E-state index is 0.246. The van der Waals surface area contributed by atoms with Crippen LogP contribution in [0.3, 0.4) is 0 Å². The first-order valence-corrected chi connectivity index (χ1v) is 6.17. The zero-order valence-electron chi connectivity index (χ0n) is 9.35. The lowest BCUT2D eigenvalue weighted by molar-refractivity contribution is -0.162. The second-order valence-electron chi connectivity index (χ2n) is 2.83. The summed E-state index contributed by atoms with van der Waals surface area (Å²) in [5, 5.41) is 0. The number of ether oxygens (including phenoxy) is 2. The molecule has 0 saturated carbocycles. The van der Waals surface area contributed by atoms with Crippen LogP contribution in [0.1, 0.15) is 6.42 Å². The number of phosphoric acid groups is 1. The van der Waals surface area contributed by atoms with E-state index in [4.69, 9.17) is 9.79 Å². The van der Waals surface area contributed by atoms with Gasteiger partial charge in [0.2, 0.25) is 6.29 Å². The average Bonchev–Trinajstić information content (AvgIpc) is 2.26. The molecule has 0 spiro atoms. The van der Waals surface area contributed by atoms with Crippen LogP contribution in [0, 0.1) is 0 Å². The Balaban J connectivity index is 4.33. The van der Waals surface area contributed by atoms with E-state index in [0.717, 1.165) is 12.2 Å². The van der Waals surface area contributed by atoms with Gasteiger partial charge in [0, 0.05) is 18.6 Å². The summed E-state index contributed by atoms with van der Waals surface area (Å²) >= 11 is 0. The molecule has 0 radical (unpaired) electrons. The molecule has 0 rings (SSSR count). The van der Waals surface area contributed by atoms with Crippen LogP contribution in [-0.2, 0) is 28.2 Å². The molecule has 0 aromatic heterocycles. The van der Waals surface area contributed by atoms with Gasteiger partial charge in [-0.1, -0.05) is 13.2 Å². The van der Waals surface area contributed by atoms with Crippen molar-refractivity contribution in [1.82, 2.24) is 0 Å². The molecule has 8 nitrogen and oxygen atoms in total. The van der Waals surface area contributed by atoms with E-state index in [-0.39, 0.29) is 13.0 Å². The number of hydrogen-bond acceptors (Lipinski definition) is 6. The predicted octanol–water partition coefficient (Wildman–Crippen LogP) is 0.270. The van der Waals surface area contributed by atoms with Gasteiger partial charge < -0.3 is 19.3 Å². The zero-order chi connectivity index (χ0) is 14.2. The number of hydrogen-bond donors (Lipinski definition) is 2. The van der Waals surface area contributed by atoms with Crippen molar-refractivity contribution < 1.29 is 37.9 Å². The molecule has 0 bridgehead atoms. The van der Waals surface area contributed by atoms with Crippen LogP contribution < -0.4 is 0 Å². The Labute approximate surface area is 103 Å². The summed E-state index contributed by atoms with van der Waals surface area (Å²) in [5.74, 6) is -1.65. The molecule has 1 unspecified atom stereocenters. The van der Waals surface area contributed by atoms with Crippen LogP contribution in [0.2, 0.25) is 0 Å². The van der Waals surface area contributed by atoms with E-state index in [0.29, 0.717) is 0 Å². The van der Waals surface area contributed by atoms with Crippen LogP contribution in [0.15, 0.2) is 25.3 Å². The Morgan fingerprint density at radius 3 is 2.22 bits per heavy atom. The van der Waals surface area contributed by atoms with Crippen molar-refractivity contribution in [2.45, 2.75) is 12.7 Å². The molecule has 9 heteroatoms. The quantitative estimate of drug-likeness (QED) is 0.281. The van der Waals surface area contributed by atoms with Crippen molar-refractivity contribution in [3.05, 3.63) is 25.3 Å². The van der Waals surface area contributed by atoms with Gasteiger partial charge in [-0.05, 0) is 0 Å². The highest BCUT2D eigenvalue weighted by molar-refractivity contribution is 7.46. The molecule has 1 atom stereocenters. The maximum Gasteiger partial charge on any atom is 0.472 e. The van der Waals surface area contributed by atoms with Gasteiger partial charge in [-0.2, -0.15) is 0 Å². The average molecular weight is 280 g/mol. The highest BCUT2D eigenvalue weighted by Crippen LogP contribution is 2.38. The van der Waals surface area contributed by atoms with Gasteiger partial charge in [-0.15, -0.1) is 0 Å². The molecule has 18 heavy (non-hydrogen) atoms. The Hall–Kier alpha value is -1.47. The van der Waals surface area contributed by atoms with E-state index in [1.54, 1.807) is 0 Å². The number of esters is 2. The minimum Gasteiger partial charge on any atom is -0.462 e. The molecular formula is C9H13O8P. The van der Waals surface area contributed by atoms with Gasteiger partial charge in [0.05, 0.1) is 6.61 Å². The van der Waals surface area contributed by atoms with Crippen molar-refractivity contribution in [2.75, 3.05) is 6.61 Å². The molecule has 0 aliphatic heterocycles. The fraction of sp³-hybridized carbons (Fsp3) is 0.333. The van der Waals surface area contributed by atoms with Crippen molar-refractivity contribution >= 4 is 19.8 Å². The maximum atomic E-state index is 10.9. The Bertz CT molecular complexity index is 371. The summed E-state index contributed by atoms with van der Waals surface area (Å²) < 4.78 is 23.8. The SMILES string of the molecule is C=CC(=O)OCCC(OC(=O)C=C)OP(=O)(O)O. The Kier molecular flexibility index (Phi) is 7.14. The standard InChI is InChI=1S/C9H13O8P/c1-3-7(10)15-6-5-9(16-8(11)4-2)17-18(12,13)14/h3-4,9H,1-2,5-6H2,(H2,12,13,14). The first-order valence-electron chi connectivity index (χ1n) is 4.64. The van der Waals surface area contributed by atoms with Crippen LogP contribution >= 0.6 is 7.82 Å². The van der Waals surface area contributed by atoms with Crippen LogP contribution in [0.5, 0.6) is 0 Å². The van der Waals surface area contributed by atoms with E-state index >= 15 is 0 Å². The van der Waals surface area contributed by atoms with Gasteiger partial charge in [0.1, 0.15) is 0 Å². The number of phosphoric ester groups is 1. The van der Waals surface area contributed by atoms with Crippen molar-refractivity contribution in [3.8, 4) is 0 Å². The highest BCUT2D eigenvalue weighted by Gasteiger charge is 2.25. The fourth-order valence-corrected chi connectivity index (χ4v) is 1.23. The predicted molar refractivity (Wildman–Crippen MR) is 59.0 cm³/mol. The van der Waals surface area contributed by atoms with Gasteiger partial charge in [-0.25, -0.2) is 18.7 Å². The lowest BCUT2D eigenvalue weighted by Crippen LogP contribution is -2.22. The third-order valence-corrected chi connectivity index (χ3v) is 1.94. The fourth-order valence-electron chi connectivity index (χ4n) is 0.779. The van der Waals surface area contributed by atoms with E-state index < -0.39 is 26.1 Å². The molecule has 102 valence electrons. The van der Waals surface area contributed by atoms with Gasteiger partial charge in [-0.3, -0.25) is 0 Å². The molecule has 0 amide bonds. The van der Waals surface area contributed by atoms with Crippen molar-refractivity contribution in [3.63, 3.8) is 0 Å². The summed E-state index contributed by atoms with van der Waals surface area (Å²) in [4.78, 5) is 38.7. The third kappa shape index (κ3) is 8.66. The summed E-state index contributed by atoms with van der Waals surface area (Å²) in [7, 11) is -4.83.